The van der Waals surface area contributed by atoms with E-state index < -0.39 is 8.07 Å². The van der Waals surface area contributed by atoms with Crippen molar-refractivity contribution in [2.45, 2.75) is 39.9 Å². The molecule has 0 spiro atoms. The molecule has 0 saturated carbocycles. The average molecular weight is 910 g/mol. The number of hydrogen-bond donors (Lipinski definition) is 0. The summed E-state index contributed by atoms with van der Waals surface area (Å²) in [7, 11) is -1.34. The molecule has 0 saturated heterocycles. The van der Waals surface area contributed by atoms with E-state index in [1.54, 1.807) is 0 Å². The number of benzene rings is 6. The third-order valence-corrected chi connectivity index (χ3v) is 11.9. The fourth-order valence-corrected chi connectivity index (χ4v) is 8.86. The van der Waals surface area contributed by atoms with E-state index in [9.17, 15) is 0 Å². The molecular weight excluding hydrogens is 867 g/mol. The summed E-state index contributed by atoms with van der Waals surface area (Å²) in [4.78, 5) is 9.73. The maximum absolute atomic E-state index is 5.96. The Balaban J connectivity index is 0.000000191. The zero-order valence-electron chi connectivity index (χ0n) is 31.8. The minimum absolute atomic E-state index is 0. The maximum Gasteiger partial charge on any atom is 0.0798 e. The quantitative estimate of drug-likeness (QED) is 0.118. The van der Waals surface area contributed by atoms with Gasteiger partial charge in [0.15, 0.2) is 0 Å². The SMILES string of the molecule is CC(C)Cc1cc(-c2[c-]cccc2)ncc1[Si](C)(C)C.[Ir].[c-]1oc2cc(-c3ccccc3)ccc2c1-c1nc2ccccc2n1-c1cccc2ccccc12. The van der Waals surface area contributed by atoms with Crippen molar-refractivity contribution in [3.63, 3.8) is 0 Å². The Morgan fingerprint density at radius 3 is 2.25 bits per heavy atom. The first-order chi connectivity index (χ1) is 26.2. The van der Waals surface area contributed by atoms with Crippen LogP contribution in [0.2, 0.25) is 19.6 Å². The molecule has 6 aromatic carbocycles. The molecule has 0 aliphatic heterocycles. The second-order valence-corrected chi connectivity index (χ2v) is 20.3. The van der Waals surface area contributed by atoms with Crippen molar-refractivity contribution < 1.29 is 24.5 Å². The molecule has 9 aromatic rings. The van der Waals surface area contributed by atoms with Crippen molar-refractivity contribution >= 4 is 46.0 Å². The monoisotopic (exact) mass is 910 g/mol. The molecule has 0 N–H and O–H groups in total. The van der Waals surface area contributed by atoms with Crippen LogP contribution >= 0.6 is 0 Å². The summed E-state index contributed by atoms with van der Waals surface area (Å²) in [5.74, 6) is 1.49. The van der Waals surface area contributed by atoms with Crippen molar-refractivity contribution in [2.24, 2.45) is 5.92 Å². The molecule has 0 fully saturated rings. The fourth-order valence-electron chi connectivity index (χ4n) is 7.27. The van der Waals surface area contributed by atoms with Crippen molar-refractivity contribution in [1.29, 1.82) is 0 Å². The Labute approximate surface area is 338 Å². The van der Waals surface area contributed by atoms with Gasteiger partial charge in [-0.15, -0.1) is 42.0 Å². The molecule has 0 aliphatic rings. The molecule has 0 amide bonds. The van der Waals surface area contributed by atoms with E-state index in [4.69, 9.17) is 9.40 Å². The summed E-state index contributed by atoms with van der Waals surface area (Å²) in [5, 5.41) is 4.85. The molecule has 0 unspecified atom stereocenters. The van der Waals surface area contributed by atoms with Gasteiger partial charge in [-0.2, -0.15) is 0 Å². The van der Waals surface area contributed by atoms with Crippen LogP contribution in [0.5, 0.6) is 0 Å². The number of para-hydroxylation sites is 2. The Bertz CT molecular complexity index is 2700. The van der Waals surface area contributed by atoms with Gasteiger partial charge in [-0.25, -0.2) is 0 Å². The molecule has 6 heteroatoms. The van der Waals surface area contributed by atoms with Crippen molar-refractivity contribution in [2.75, 3.05) is 0 Å². The third kappa shape index (κ3) is 7.90. The largest absolute Gasteiger partial charge is 0.557 e. The molecule has 0 aliphatic carbocycles. The summed E-state index contributed by atoms with van der Waals surface area (Å²) in [6, 6.07) is 53.4. The molecule has 1 radical (unpaired) electrons. The summed E-state index contributed by atoms with van der Waals surface area (Å²) in [6.07, 6.45) is 6.41. The molecule has 9 rings (SSSR count). The van der Waals surface area contributed by atoms with E-state index in [-0.39, 0.29) is 20.1 Å². The molecule has 275 valence electrons. The molecule has 3 heterocycles. The smallest absolute Gasteiger partial charge is 0.0798 e. The van der Waals surface area contributed by atoms with E-state index in [0.717, 1.165) is 67.9 Å². The molecule has 0 bridgehead atoms. The predicted octanol–water partition coefficient (Wildman–Crippen LogP) is 12.3. The Morgan fingerprint density at radius 1 is 0.727 bits per heavy atom. The summed E-state index contributed by atoms with van der Waals surface area (Å²) in [6.45, 7) is 11.7. The van der Waals surface area contributed by atoms with E-state index in [1.165, 1.54) is 21.5 Å². The van der Waals surface area contributed by atoms with Gasteiger partial charge in [0.2, 0.25) is 0 Å². The fraction of sp³-hybridized carbons (Fsp3) is 0.143. The molecule has 3 aromatic heterocycles. The van der Waals surface area contributed by atoms with Gasteiger partial charge in [0.05, 0.1) is 24.9 Å². The summed E-state index contributed by atoms with van der Waals surface area (Å²) < 4.78 is 8.19. The second kappa shape index (κ2) is 16.1. The normalized spacial score (nSPS) is 11.5. The van der Waals surface area contributed by atoms with Crippen molar-refractivity contribution in [3.8, 4) is 39.5 Å². The van der Waals surface area contributed by atoms with Crippen LogP contribution in [-0.4, -0.2) is 22.6 Å². The number of rotatable bonds is 7. The molecule has 55 heavy (non-hydrogen) atoms. The minimum Gasteiger partial charge on any atom is -0.557 e. The van der Waals surface area contributed by atoms with Crippen LogP contribution < -0.4 is 5.19 Å². The van der Waals surface area contributed by atoms with Crippen molar-refractivity contribution in [3.05, 3.63) is 170 Å². The average Bonchev–Trinajstić information content (AvgIpc) is 3.79. The van der Waals surface area contributed by atoms with Crippen LogP contribution in [-0.2, 0) is 26.5 Å². The number of imidazole rings is 1. The second-order valence-electron chi connectivity index (χ2n) is 15.3. The first-order valence-electron chi connectivity index (χ1n) is 18.7. The number of hydrogen-bond acceptors (Lipinski definition) is 3. The van der Waals surface area contributed by atoms with Gasteiger partial charge in [-0.1, -0.05) is 147 Å². The Hall–Kier alpha value is -5.39. The number of fused-ring (bicyclic) bond motifs is 3. The van der Waals surface area contributed by atoms with Gasteiger partial charge in [0.1, 0.15) is 0 Å². The van der Waals surface area contributed by atoms with E-state index in [2.05, 4.69) is 165 Å². The molecule has 4 nitrogen and oxygen atoms in total. The van der Waals surface area contributed by atoms with Gasteiger partial charge in [-0.05, 0) is 57.9 Å². The zero-order valence-corrected chi connectivity index (χ0v) is 35.2. The van der Waals surface area contributed by atoms with Gasteiger partial charge >= 0.3 is 0 Å². The zero-order chi connectivity index (χ0) is 37.2. The van der Waals surface area contributed by atoms with Crippen LogP contribution in [0.1, 0.15) is 19.4 Å². The molecule has 0 atom stereocenters. The Kier molecular flexibility index (Phi) is 11.1. The number of aromatic nitrogens is 3. The minimum atomic E-state index is -1.34. The number of furan rings is 1. The van der Waals surface area contributed by atoms with Crippen LogP contribution in [0, 0.1) is 18.2 Å². The standard InChI is InChI=1S/C31H19N2O.C18H24NSi.Ir/c1-2-9-21(10-3-1)23-17-18-25-26(20-34-30(25)19-23)31-32-27-14-6-7-15-29(27)33(31)28-16-8-12-22-11-4-5-13-24(22)28;1-14(2)11-16-12-17(15-9-7-6-8-10-15)19-13-18(16)20(3,4)5;/h1-19H;6-9,12-14H,11H2,1-5H3;/q2*-1;. The first kappa shape index (κ1) is 37.9. The van der Waals surface area contributed by atoms with Crippen LogP contribution in [0.3, 0.4) is 0 Å². The number of nitrogens with zero attached hydrogens (tertiary/aromatic N) is 3. The van der Waals surface area contributed by atoms with Crippen molar-refractivity contribution in [1.82, 2.24) is 14.5 Å². The van der Waals surface area contributed by atoms with Crippen LogP contribution in [0.4, 0.5) is 0 Å². The van der Waals surface area contributed by atoms with E-state index in [1.807, 2.05) is 42.5 Å². The van der Waals surface area contributed by atoms with Crippen LogP contribution in [0.15, 0.2) is 156 Å². The first-order valence-corrected chi connectivity index (χ1v) is 22.2. The predicted molar refractivity (Wildman–Crippen MR) is 228 cm³/mol. The summed E-state index contributed by atoms with van der Waals surface area (Å²) >= 11 is 0. The topological polar surface area (TPSA) is 43.9 Å². The van der Waals surface area contributed by atoms with Gasteiger partial charge < -0.3 is 14.0 Å². The van der Waals surface area contributed by atoms with Gasteiger partial charge in [0, 0.05) is 49.2 Å². The van der Waals surface area contributed by atoms with Crippen LogP contribution in [0.25, 0.3) is 72.2 Å². The third-order valence-electron chi connectivity index (χ3n) is 9.82. The van der Waals surface area contributed by atoms with E-state index >= 15 is 0 Å². The Morgan fingerprint density at radius 2 is 1.47 bits per heavy atom. The maximum atomic E-state index is 5.96. The van der Waals surface area contributed by atoms with E-state index in [0.29, 0.717) is 5.92 Å². The van der Waals surface area contributed by atoms with Gasteiger partial charge in [0.25, 0.3) is 0 Å². The summed E-state index contributed by atoms with van der Waals surface area (Å²) in [5.41, 5.74) is 10.6. The van der Waals surface area contributed by atoms with Gasteiger partial charge in [-0.3, -0.25) is 4.98 Å². The number of pyridine rings is 1. The molecular formula is C49H43IrN3OSi-2.